The van der Waals surface area contributed by atoms with Crippen LogP contribution in [-0.4, -0.2) is 38.4 Å². The Labute approximate surface area is 155 Å². The highest BCUT2D eigenvalue weighted by atomic mass is 32.2. The third kappa shape index (κ3) is 4.60. The summed E-state index contributed by atoms with van der Waals surface area (Å²) in [5, 5.41) is 10.2. The molecule has 2 N–H and O–H groups in total. The van der Waals surface area contributed by atoms with E-state index >= 15 is 0 Å². The maximum Gasteiger partial charge on any atom is 0.233 e. The molecular formula is C18H19N5O2S. The predicted octanol–water partition coefficient (Wildman–Crippen LogP) is 2.67. The molecule has 134 valence electrons. The van der Waals surface area contributed by atoms with Crippen LogP contribution in [0.25, 0.3) is 11.4 Å². The smallest absolute Gasteiger partial charge is 0.233 e. The van der Waals surface area contributed by atoms with Gasteiger partial charge in [-0.25, -0.2) is 4.98 Å². The normalized spacial score (nSPS) is 11.8. The fourth-order valence-electron chi connectivity index (χ4n) is 2.23. The number of aromatic nitrogens is 4. The van der Waals surface area contributed by atoms with Gasteiger partial charge in [0, 0.05) is 24.5 Å². The topological polar surface area (TPSA) is 92.8 Å². The number of hydrogen-bond acceptors (Lipinski definition) is 6. The van der Waals surface area contributed by atoms with Crippen LogP contribution in [0.15, 0.2) is 53.9 Å². The number of aromatic amines is 1. The lowest BCUT2D eigenvalue weighted by Gasteiger charge is -2.10. The first kappa shape index (κ1) is 17.9. The largest absolute Gasteiger partial charge is 0.497 e. The third-order valence-corrected chi connectivity index (χ3v) is 4.66. The lowest BCUT2D eigenvalue weighted by Crippen LogP contribution is -2.30. The number of benzene rings is 1. The highest BCUT2D eigenvalue weighted by Crippen LogP contribution is 2.22. The van der Waals surface area contributed by atoms with E-state index in [1.165, 1.54) is 11.8 Å². The Hall–Kier alpha value is -2.87. The Morgan fingerprint density at radius 1 is 1.23 bits per heavy atom. The number of carbonyl (C=O) groups is 1. The van der Waals surface area contributed by atoms with Gasteiger partial charge in [-0.2, -0.15) is 0 Å². The van der Waals surface area contributed by atoms with Crippen molar-refractivity contribution >= 4 is 17.7 Å². The lowest BCUT2D eigenvalue weighted by molar-refractivity contribution is -0.120. The first-order valence-corrected chi connectivity index (χ1v) is 8.94. The molecule has 0 radical (unpaired) electrons. The maximum absolute atomic E-state index is 12.3. The van der Waals surface area contributed by atoms with Gasteiger partial charge >= 0.3 is 0 Å². The van der Waals surface area contributed by atoms with Crippen molar-refractivity contribution in [1.29, 1.82) is 0 Å². The fourth-order valence-corrected chi connectivity index (χ4v) is 2.97. The average molecular weight is 369 g/mol. The second-order valence-electron chi connectivity index (χ2n) is 5.53. The molecule has 1 atom stereocenters. The van der Waals surface area contributed by atoms with E-state index in [-0.39, 0.29) is 11.2 Å². The van der Waals surface area contributed by atoms with Gasteiger partial charge < -0.3 is 10.1 Å². The van der Waals surface area contributed by atoms with E-state index in [1.54, 1.807) is 19.5 Å². The van der Waals surface area contributed by atoms with Crippen molar-refractivity contribution in [3.63, 3.8) is 0 Å². The zero-order chi connectivity index (χ0) is 18.4. The number of hydrogen-bond donors (Lipinski definition) is 2. The summed E-state index contributed by atoms with van der Waals surface area (Å²) in [4.78, 5) is 20.7. The van der Waals surface area contributed by atoms with Crippen LogP contribution < -0.4 is 10.1 Å². The fraction of sp³-hybridized carbons (Fsp3) is 0.222. The molecule has 0 unspecified atom stereocenters. The second kappa shape index (κ2) is 8.48. The Bertz CT molecular complexity index is 852. The van der Waals surface area contributed by atoms with Crippen LogP contribution in [-0.2, 0) is 11.3 Å². The molecule has 3 rings (SSSR count). The molecule has 0 spiro atoms. The van der Waals surface area contributed by atoms with E-state index in [0.717, 1.165) is 16.9 Å². The van der Waals surface area contributed by atoms with Crippen LogP contribution in [0.1, 0.15) is 12.5 Å². The van der Waals surface area contributed by atoms with E-state index in [1.807, 2.05) is 43.3 Å². The van der Waals surface area contributed by atoms with Crippen molar-refractivity contribution in [3.8, 4) is 17.1 Å². The molecule has 0 bridgehead atoms. The number of methoxy groups -OCH3 is 1. The maximum atomic E-state index is 12.3. The van der Waals surface area contributed by atoms with Crippen LogP contribution in [0.4, 0.5) is 0 Å². The van der Waals surface area contributed by atoms with E-state index in [4.69, 9.17) is 4.74 Å². The first-order valence-electron chi connectivity index (χ1n) is 8.06. The van der Waals surface area contributed by atoms with Gasteiger partial charge in [-0.3, -0.25) is 14.9 Å². The van der Waals surface area contributed by atoms with Crippen LogP contribution in [0, 0.1) is 0 Å². The first-order chi connectivity index (χ1) is 12.7. The minimum absolute atomic E-state index is 0.0684. The molecule has 0 fully saturated rings. The number of amides is 1. The van der Waals surface area contributed by atoms with Gasteiger partial charge in [-0.1, -0.05) is 23.9 Å². The molecule has 8 heteroatoms. The van der Waals surface area contributed by atoms with Gasteiger partial charge in [0.2, 0.25) is 11.1 Å². The minimum Gasteiger partial charge on any atom is -0.497 e. The van der Waals surface area contributed by atoms with E-state index < -0.39 is 0 Å². The molecule has 2 aromatic heterocycles. The van der Waals surface area contributed by atoms with Crippen LogP contribution in [0.2, 0.25) is 0 Å². The summed E-state index contributed by atoms with van der Waals surface area (Å²) in [6.45, 7) is 2.29. The zero-order valence-electron chi connectivity index (χ0n) is 14.5. The summed E-state index contributed by atoms with van der Waals surface area (Å²) < 4.78 is 5.12. The number of rotatable bonds is 7. The van der Waals surface area contributed by atoms with Gasteiger partial charge in [0.15, 0.2) is 5.82 Å². The lowest BCUT2D eigenvalue weighted by atomic mass is 10.2. The second-order valence-corrected chi connectivity index (χ2v) is 6.84. The van der Waals surface area contributed by atoms with Crippen LogP contribution in [0.3, 0.4) is 0 Å². The summed E-state index contributed by atoms with van der Waals surface area (Å²) in [6.07, 6.45) is 3.39. The molecule has 2 heterocycles. The summed E-state index contributed by atoms with van der Waals surface area (Å²) in [7, 11) is 1.62. The van der Waals surface area contributed by atoms with Gasteiger partial charge in [-0.05, 0) is 36.8 Å². The molecular weight excluding hydrogens is 350 g/mol. The Balaban J connectivity index is 1.53. The van der Waals surface area contributed by atoms with Crippen molar-refractivity contribution in [3.05, 3.63) is 54.4 Å². The van der Waals surface area contributed by atoms with E-state index in [0.29, 0.717) is 17.5 Å². The number of ether oxygens (including phenoxy) is 1. The molecule has 0 aliphatic carbocycles. The van der Waals surface area contributed by atoms with Crippen molar-refractivity contribution in [2.75, 3.05) is 7.11 Å². The Morgan fingerprint density at radius 2 is 1.96 bits per heavy atom. The Kier molecular flexibility index (Phi) is 5.85. The molecule has 0 aliphatic heterocycles. The Morgan fingerprint density at radius 3 is 2.65 bits per heavy atom. The average Bonchev–Trinajstić information content (AvgIpc) is 3.15. The van der Waals surface area contributed by atoms with Crippen LogP contribution >= 0.6 is 11.8 Å². The summed E-state index contributed by atoms with van der Waals surface area (Å²) >= 11 is 1.31. The summed E-state index contributed by atoms with van der Waals surface area (Å²) in [5.41, 5.74) is 1.91. The minimum atomic E-state index is -0.311. The molecule has 26 heavy (non-hydrogen) atoms. The van der Waals surface area contributed by atoms with Gasteiger partial charge in [0.05, 0.1) is 12.4 Å². The predicted molar refractivity (Wildman–Crippen MR) is 99.8 cm³/mol. The van der Waals surface area contributed by atoms with E-state index in [2.05, 4.69) is 25.5 Å². The van der Waals surface area contributed by atoms with Gasteiger partial charge in [0.25, 0.3) is 0 Å². The zero-order valence-corrected chi connectivity index (χ0v) is 15.3. The molecule has 1 amide bonds. The van der Waals surface area contributed by atoms with Gasteiger partial charge in [-0.15, -0.1) is 5.10 Å². The van der Waals surface area contributed by atoms with Crippen molar-refractivity contribution < 1.29 is 9.53 Å². The van der Waals surface area contributed by atoms with Crippen LogP contribution in [0.5, 0.6) is 5.75 Å². The SMILES string of the molecule is COc1ccc(CNC(=O)[C@H](C)Sc2n[nH]c(-c3ccncc3)n2)cc1. The number of H-pyrrole nitrogens is 1. The summed E-state index contributed by atoms with van der Waals surface area (Å²) in [6, 6.07) is 11.3. The molecule has 7 nitrogen and oxygen atoms in total. The van der Waals surface area contributed by atoms with Crippen molar-refractivity contribution in [2.45, 2.75) is 23.9 Å². The summed E-state index contributed by atoms with van der Waals surface area (Å²) in [5.74, 6) is 1.38. The molecule has 0 saturated heterocycles. The molecule has 1 aromatic carbocycles. The quantitative estimate of drug-likeness (QED) is 0.622. The molecule has 3 aromatic rings. The highest BCUT2D eigenvalue weighted by molar-refractivity contribution is 8.00. The number of nitrogens with one attached hydrogen (secondary N) is 2. The van der Waals surface area contributed by atoms with Gasteiger partial charge in [0.1, 0.15) is 5.75 Å². The number of pyridine rings is 1. The third-order valence-electron chi connectivity index (χ3n) is 3.70. The van der Waals surface area contributed by atoms with E-state index in [9.17, 15) is 4.79 Å². The molecule has 0 aliphatic rings. The number of carbonyl (C=O) groups excluding carboxylic acids is 1. The van der Waals surface area contributed by atoms with Crippen molar-refractivity contribution in [1.82, 2.24) is 25.5 Å². The number of nitrogens with zero attached hydrogens (tertiary/aromatic N) is 3. The number of thioether (sulfide) groups is 1. The monoisotopic (exact) mass is 369 g/mol. The molecule has 0 saturated carbocycles. The van der Waals surface area contributed by atoms with Crippen molar-refractivity contribution in [2.24, 2.45) is 0 Å². The standard InChI is InChI=1S/C18H19N5O2S/c1-12(17(24)20-11-13-3-5-15(25-2)6-4-13)26-18-21-16(22-23-18)14-7-9-19-10-8-14/h3-10,12H,11H2,1-2H3,(H,20,24)(H,21,22,23)/t12-/m0/s1. The highest BCUT2D eigenvalue weighted by Gasteiger charge is 2.17.